The smallest absolute Gasteiger partial charge is 0.223 e. The summed E-state index contributed by atoms with van der Waals surface area (Å²) >= 11 is 0. The molecule has 2 heterocycles. The molecule has 1 aliphatic heterocycles. The van der Waals surface area contributed by atoms with Gasteiger partial charge in [0, 0.05) is 13.1 Å². The number of amides is 2. The van der Waals surface area contributed by atoms with Crippen molar-refractivity contribution in [3.63, 3.8) is 0 Å². The molecule has 2 amide bonds. The van der Waals surface area contributed by atoms with Gasteiger partial charge in [-0.05, 0) is 35.3 Å². The van der Waals surface area contributed by atoms with Crippen molar-refractivity contribution in [3.8, 4) is 0 Å². The second-order valence-electron chi connectivity index (χ2n) is 8.02. The zero-order chi connectivity index (χ0) is 21.3. The lowest BCUT2D eigenvalue weighted by Gasteiger charge is -2.33. The maximum Gasteiger partial charge on any atom is 0.223 e. The minimum Gasteiger partial charge on any atom is -0.346 e. The van der Waals surface area contributed by atoms with E-state index >= 15 is 0 Å². The number of aromatic nitrogens is 2. The molecule has 2 aromatic carbocycles. The highest BCUT2D eigenvalue weighted by molar-refractivity contribution is 5.82. The molecule has 0 spiro atoms. The minimum absolute atomic E-state index is 0.0868. The van der Waals surface area contributed by atoms with Gasteiger partial charge in [-0.3, -0.25) is 9.59 Å². The highest BCUT2D eigenvalue weighted by Gasteiger charge is 2.30. The average Bonchev–Trinajstić information content (AvgIpc) is 3.15. The van der Waals surface area contributed by atoms with Crippen molar-refractivity contribution in [2.75, 3.05) is 0 Å². The number of nitrogens with zero attached hydrogens (tertiary/aromatic N) is 2. The predicted octanol–water partition coefficient (Wildman–Crippen LogP) is 4.34. The fraction of sp³-hybridized carbons (Fsp3) is 0.292. The molecule has 0 fully saturated rings. The number of para-hydroxylation sites is 2. The number of H-pyrrole nitrogens is 1. The molecular weight excluding hydrogens is 376 g/mol. The number of hydrogen-bond acceptors (Lipinski definition) is 3. The van der Waals surface area contributed by atoms with Gasteiger partial charge in [0.15, 0.2) is 0 Å². The van der Waals surface area contributed by atoms with Crippen molar-refractivity contribution in [1.29, 1.82) is 0 Å². The maximum atomic E-state index is 13.1. The number of imidazole rings is 1. The third kappa shape index (κ3) is 3.85. The summed E-state index contributed by atoms with van der Waals surface area (Å²) in [6, 6.07) is 15.1. The molecule has 0 bridgehead atoms. The van der Waals surface area contributed by atoms with Crippen LogP contribution in [-0.4, -0.2) is 26.7 Å². The van der Waals surface area contributed by atoms with Gasteiger partial charge in [0.1, 0.15) is 5.82 Å². The zero-order valence-corrected chi connectivity index (χ0v) is 17.4. The minimum atomic E-state index is -0.327. The second kappa shape index (κ2) is 8.14. The van der Waals surface area contributed by atoms with Gasteiger partial charge in [0.25, 0.3) is 0 Å². The van der Waals surface area contributed by atoms with Gasteiger partial charge >= 0.3 is 0 Å². The van der Waals surface area contributed by atoms with Crippen LogP contribution in [0.2, 0.25) is 0 Å². The van der Waals surface area contributed by atoms with E-state index in [9.17, 15) is 9.59 Å². The van der Waals surface area contributed by atoms with E-state index in [0.717, 1.165) is 28.0 Å². The van der Waals surface area contributed by atoms with Crippen LogP contribution in [0.25, 0.3) is 17.1 Å². The van der Waals surface area contributed by atoms with Gasteiger partial charge in [0.05, 0.1) is 29.5 Å². The number of benzene rings is 2. The van der Waals surface area contributed by atoms with Crippen LogP contribution in [0.1, 0.15) is 56.2 Å². The first-order valence-electron chi connectivity index (χ1n) is 10.2. The Morgan fingerprint density at radius 3 is 2.60 bits per heavy atom. The number of aromatic amines is 1. The molecule has 0 saturated heterocycles. The van der Waals surface area contributed by atoms with Gasteiger partial charge in [-0.2, -0.15) is 0 Å². The van der Waals surface area contributed by atoms with Gasteiger partial charge in [-0.1, -0.05) is 50.2 Å². The van der Waals surface area contributed by atoms with Crippen LogP contribution in [0.5, 0.6) is 0 Å². The molecule has 1 unspecified atom stereocenters. The summed E-state index contributed by atoms with van der Waals surface area (Å²) in [6.07, 6.45) is 3.86. The topological polar surface area (TPSA) is 78.1 Å². The summed E-state index contributed by atoms with van der Waals surface area (Å²) in [6.45, 7) is 5.63. The van der Waals surface area contributed by atoms with Crippen molar-refractivity contribution in [3.05, 3.63) is 71.7 Å². The summed E-state index contributed by atoms with van der Waals surface area (Å²) in [5.41, 5.74) is 3.84. The van der Waals surface area contributed by atoms with E-state index in [4.69, 9.17) is 0 Å². The van der Waals surface area contributed by atoms with Crippen molar-refractivity contribution in [1.82, 2.24) is 20.2 Å². The third-order valence-corrected chi connectivity index (χ3v) is 5.53. The van der Waals surface area contributed by atoms with Crippen LogP contribution >= 0.6 is 0 Å². The molecule has 3 aromatic rings. The lowest BCUT2D eigenvalue weighted by Crippen LogP contribution is -2.37. The number of fused-ring (bicyclic) bond motifs is 2. The number of carbonyl (C=O) groups excluding carboxylic acids is 2. The summed E-state index contributed by atoms with van der Waals surface area (Å²) in [5, 5.41) is 3.14. The normalized spacial score (nSPS) is 16.5. The van der Waals surface area contributed by atoms with E-state index in [2.05, 4.69) is 29.1 Å². The Morgan fingerprint density at radius 2 is 1.87 bits per heavy atom. The lowest BCUT2D eigenvalue weighted by atomic mass is 9.93. The summed E-state index contributed by atoms with van der Waals surface area (Å²) in [4.78, 5) is 34.9. The van der Waals surface area contributed by atoms with Crippen LogP contribution in [0, 0.1) is 5.92 Å². The number of hydrogen-bond donors (Lipinski definition) is 2. The zero-order valence-electron chi connectivity index (χ0n) is 17.4. The van der Waals surface area contributed by atoms with E-state index in [1.54, 1.807) is 11.1 Å². The second-order valence-corrected chi connectivity index (χ2v) is 8.02. The lowest BCUT2D eigenvalue weighted by molar-refractivity contribution is -0.130. The van der Waals surface area contributed by atoms with Gasteiger partial charge in [0.2, 0.25) is 11.8 Å². The van der Waals surface area contributed by atoms with E-state index in [-0.39, 0.29) is 36.2 Å². The van der Waals surface area contributed by atoms with Gasteiger partial charge in [-0.25, -0.2) is 4.98 Å². The van der Waals surface area contributed by atoms with E-state index in [0.29, 0.717) is 0 Å². The fourth-order valence-corrected chi connectivity index (χ4v) is 3.99. The number of nitrogens with one attached hydrogen (secondary N) is 2. The van der Waals surface area contributed by atoms with Crippen molar-refractivity contribution in [2.24, 2.45) is 5.92 Å². The maximum absolute atomic E-state index is 13.1. The molecule has 6 nitrogen and oxygen atoms in total. The summed E-state index contributed by atoms with van der Waals surface area (Å²) in [7, 11) is 0. The van der Waals surface area contributed by atoms with E-state index in [1.165, 1.54) is 6.92 Å². The van der Waals surface area contributed by atoms with Crippen LogP contribution in [0.4, 0.5) is 0 Å². The Bertz CT molecular complexity index is 1080. The fourth-order valence-electron chi connectivity index (χ4n) is 3.99. The first kappa shape index (κ1) is 19.9. The highest BCUT2D eigenvalue weighted by Crippen LogP contribution is 2.33. The van der Waals surface area contributed by atoms with Crippen molar-refractivity contribution in [2.45, 2.75) is 39.3 Å². The largest absolute Gasteiger partial charge is 0.346 e. The van der Waals surface area contributed by atoms with E-state index < -0.39 is 0 Å². The Hall–Kier alpha value is -3.41. The summed E-state index contributed by atoms with van der Waals surface area (Å²) in [5.74, 6) is 0.690. The molecule has 1 aromatic heterocycles. The molecule has 4 rings (SSSR count). The molecule has 0 saturated carbocycles. The average molecular weight is 402 g/mol. The Balaban J connectivity index is 1.57. The molecule has 6 heteroatoms. The van der Waals surface area contributed by atoms with E-state index in [1.807, 2.05) is 54.6 Å². The molecule has 0 aliphatic carbocycles. The van der Waals surface area contributed by atoms with Crippen LogP contribution < -0.4 is 5.32 Å². The Labute approximate surface area is 176 Å². The quantitative estimate of drug-likeness (QED) is 0.666. The highest BCUT2D eigenvalue weighted by atomic mass is 16.2. The van der Waals surface area contributed by atoms with Crippen molar-refractivity contribution < 1.29 is 9.59 Å². The Morgan fingerprint density at radius 1 is 1.13 bits per heavy atom. The van der Waals surface area contributed by atoms with Gasteiger partial charge < -0.3 is 15.2 Å². The monoisotopic (exact) mass is 402 g/mol. The predicted molar refractivity (Wildman–Crippen MR) is 117 cm³/mol. The molecule has 0 radical (unpaired) electrons. The van der Waals surface area contributed by atoms with Gasteiger partial charge in [-0.15, -0.1) is 0 Å². The first-order valence-corrected chi connectivity index (χ1v) is 10.2. The van der Waals surface area contributed by atoms with Crippen LogP contribution in [0.15, 0.2) is 54.7 Å². The van der Waals surface area contributed by atoms with Crippen molar-refractivity contribution >= 4 is 28.9 Å². The molecule has 1 aliphatic rings. The standard InChI is InChI=1S/C24H26N4O2/c1-15(2)23(24-25-19-10-6-7-11-20(19)26-24)27-22(30)14-21-18-9-5-4-8-17(18)12-13-28(21)16(3)29/h4-13,15,21,23H,14H2,1-3H3,(H,25,26)(H,27,30)/t21?,23-/m0/s1. The molecule has 154 valence electrons. The summed E-state index contributed by atoms with van der Waals surface area (Å²) < 4.78 is 0. The molecule has 30 heavy (non-hydrogen) atoms. The number of rotatable bonds is 5. The third-order valence-electron chi connectivity index (χ3n) is 5.53. The Kier molecular flexibility index (Phi) is 5.40. The number of carbonyl (C=O) groups is 2. The first-order chi connectivity index (χ1) is 14.4. The van der Waals surface area contributed by atoms with Crippen LogP contribution in [-0.2, 0) is 9.59 Å². The molecule has 2 N–H and O–H groups in total. The van der Waals surface area contributed by atoms with Crippen LogP contribution in [0.3, 0.4) is 0 Å². The molecular formula is C24H26N4O2. The SMILES string of the molecule is CC(=O)N1C=Cc2ccccc2C1CC(=O)N[C@H](c1nc2ccccc2[nH]1)C(C)C. The molecule has 2 atom stereocenters.